The molecule has 1 aliphatic rings. The number of anilines is 2. The number of fused-ring (bicyclic) bond motifs is 1. The Bertz CT molecular complexity index is 1550. The summed E-state index contributed by atoms with van der Waals surface area (Å²) >= 11 is 0. The van der Waals surface area contributed by atoms with Crippen LogP contribution in [0.5, 0.6) is 0 Å². The third-order valence-corrected chi connectivity index (χ3v) is 7.81. The second-order valence-electron chi connectivity index (χ2n) is 8.57. The summed E-state index contributed by atoms with van der Waals surface area (Å²) < 4.78 is 31.3. The number of nitrogens with zero attached hydrogens (tertiary/aromatic N) is 2. The number of benzene rings is 3. The average molecular weight is 488 g/mol. The highest BCUT2D eigenvalue weighted by Gasteiger charge is 2.27. The first-order valence-corrected chi connectivity index (χ1v) is 12.9. The maximum atomic E-state index is 13.1. The van der Waals surface area contributed by atoms with Gasteiger partial charge in [0.2, 0.25) is 10.0 Å². The highest BCUT2D eigenvalue weighted by atomic mass is 32.2. The highest BCUT2D eigenvalue weighted by Crippen LogP contribution is 2.28. The third kappa shape index (κ3) is 4.62. The molecule has 0 spiro atoms. The molecule has 5 rings (SSSR count). The summed E-state index contributed by atoms with van der Waals surface area (Å²) in [6.07, 6.45) is 0. The number of hydrogen-bond donors (Lipinski definition) is 1. The van der Waals surface area contributed by atoms with Crippen molar-refractivity contribution >= 4 is 38.2 Å². The zero-order chi connectivity index (χ0) is 24.6. The van der Waals surface area contributed by atoms with Crippen LogP contribution in [0.2, 0.25) is 0 Å². The van der Waals surface area contributed by atoms with Gasteiger partial charge in [-0.1, -0.05) is 30.3 Å². The van der Waals surface area contributed by atoms with Crippen molar-refractivity contribution in [2.24, 2.45) is 0 Å². The number of ether oxygens (including phenoxy) is 1. The van der Waals surface area contributed by atoms with E-state index in [9.17, 15) is 13.2 Å². The fourth-order valence-corrected chi connectivity index (χ4v) is 5.40. The summed E-state index contributed by atoms with van der Waals surface area (Å²) in [5.41, 5.74) is 6.02. The molecule has 1 aliphatic heterocycles. The lowest BCUT2D eigenvalue weighted by Crippen LogP contribution is -2.41. The molecule has 2 heterocycles. The van der Waals surface area contributed by atoms with Crippen molar-refractivity contribution in [2.45, 2.75) is 13.8 Å². The molecule has 35 heavy (non-hydrogen) atoms. The number of aromatic nitrogens is 1. The van der Waals surface area contributed by atoms with Crippen molar-refractivity contribution in [3.63, 3.8) is 0 Å². The van der Waals surface area contributed by atoms with Gasteiger partial charge in [0, 0.05) is 22.2 Å². The molecule has 1 fully saturated rings. The van der Waals surface area contributed by atoms with E-state index in [0.717, 1.165) is 27.7 Å². The largest absolute Gasteiger partial charge is 0.359 e. The van der Waals surface area contributed by atoms with Crippen LogP contribution in [-0.2, 0) is 14.8 Å². The van der Waals surface area contributed by atoms with Crippen LogP contribution in [-0.4, -0.2) is 38.4 Å². The molecule has 0 radical (unpaired) electrons. The Balaban J connectivity index is 1.40. The highest BCUT2D eigenvalue weighted by molar-refractivity contribution is 7.92. The van der Waals surface area contributed by atoms with E-state index in [1.807, 2.05) is 61.5 Å². The van der Waals surface area contributed by atoms with Crippen LogP contribution in [0.1, 0.15) is 21.5 Å². The van der Waals surface area contributed by atoms with E-state index in [4.69, 9.17) is 9.72 Å². The van der Waals surface area contributed by atoms with Gasteiger partial charge in [0.1, 0.15) is 6.73 Å². The molecular formula is C27H25N3O4S. The minimum Gasteiger partial charge on any atom is -0.359 e. The molecule has 1 saturated heterocycles. The van der Waals surface area contributed by atoms with Gasteiger partial charge in [-0.3, -0.25) is 4.79 Å². The Morgan fingerprint density at radius 3 is 2.60 bits per heavy atom. The summed E-state index contributed by atoms with van der Waals surface area (Å²) in [6.45, 7) is 3.96. The predicted octanol–water partition coefficient (Wildman–Crippen LogP) is 4.89. The van der Waals surface area contributed by atoms with Gasteiger partial charge in [0.15, 0.2) is 0 Å². The number of nitrogens with one attached hydrogen (secondary N) is 1. The number of carbonyl (C=O) groups excluding carboxylic acids is 1. The van der Waals surface area contributed by atoms with Crippen molar-refractivity contribution in [3.05, 3.63) is 89.5 Å². The van der Waals surface area contributed by atoms with Gasteiger partial charge in [-0.25, -0.2) is 17.7 Å². The number of sulfonamides is 1. The zero-order valence-corrected chi connectivity index (χ0v) is 20.3. The first-order valence-electron chi connectivity index (χ1n) is 11.3. The zero-order valence-electron chi connectivity index (χ0n) is 19.5. The quantitative estimate of drug-likeness (QED) is 0.443. The number of amides is 1. The normalized spacial score (nSPS) is 15.2. The summed E-state index contributed by atoms with van der Waals surface area (Å²) in [4.78, 5) is 17.9. The Morgan fingerprint density at radius 2 is 1.80 bits per heavy atom. The lowest BCUT2D eigenvalue weighted by molar-refractivity contribution is 0.102. The average Bonchev–Trinajstić information content (AvgIpc) is 2.84. The van der Waals surface area contributed by atoms with Gasteiger partial charge < -0.3 is 10.1 Å². The van der Waals surface area contributed by atoms with Crippen molar-refractivity contribution in [1.82, 2.24) is 4.98 Å². The standard InChI is InChI=1S/C27H25N3O4S/c1-18-7-9-21(16-24(18)26-12-8-20-5-3-4-6-25(20)29-26)28-27(31)23-11-10-22(15-19(23)2)30-17-34-13-14-35(30,32)33/h3-12,15-16H,13-14,17H2,1-2H3,(H,28,31). The first-order chi connectivity index (χ1) is 16.8. The van der Waals surface area contributed by atoms with Crippen LogP contribution in [0.25, 0.3) is 22.2 Å². The fraction of sp³-hybridized carbons (Fsp3) is 0.185. The molecule has 0 bridgehead atoms. The minimum atomic E-state index is -3.42. The van der Waals surface area contributed by atoms with Crippen LogP contribution in [0.3, 0.4) is 0 Å². The second kappa shape index (κ2) is 9.13. The van der Waals surface area contributed by atoms with Gasteiger partial charge in [0.05, 0.1) is 29.3 Å². The van der Waals surface area contributed by atoms with Crippen LogP contribution in [0.4, 0.5) is 11.4 Å². The molecule has 0 aliphatic carbocycles. The molecule has 0 atom stereocenters. The van der Waals surface area contributed by atoms with Crippen LogP contribution in [0, 0.1) is 13.8 Å². The lowest BCUT2D eigenvalue weighted by Gasteiger charge is -2.28. The van der Waals surface area contributed by atoms with E-state index in [-0.39, 0.29) is 25.0 Å². The molecule has 1 N–H and O–H groups in total. The Morgan fingerprint density at radius 1 is 0.971 bits per heavy atom. The molecule has 178 valence electrons. The Labute approximate surface area is 204 Å². The topological polar surface area (TPSA) is 88.6 Å². The number of para-hydroxylation sites is 1. The van der Waals surface area contributed by atoms with E-state index in [0.29, 0.717) is 22.5 Å². The van der Waals surface area contributed by atoms with E-state index in [2.05, 4.69) is 5.32 Å². The molecule has 0 unspecified atom stereocenters. The maximum Gasteiger partial charge on any atom is 0.255 e. The molecule has 7 nitrogen and oxygen atoms in total. The van der Waals surface area contributed by atoms with Crippen molar-refractivity contribution in [1.29, 1.82) is 0 Å². The molecular weight excluding hydrogens is 462 g/mol. The van der Waals surface area contributed by atoms with Gasteiger partial charge >= 0.3 is 0 Å². The van der Waals surface area contributed by atoms with Crippen molar-refractivity contribution < 1.29 is 17.9 Å². The summed E-state index contributed by atoms with van der Waals surface area (Å²) in [7, 11) is -3.42. The molecule has 8 heteroatoms. The number of aryl methyl sites for hydroxylation is 2. The summed E-state index contributed by atoms with van der Waals surface area (Å²) in [5.74, 6) is -0.330. The second-order valence-corrected chi connectivity index (χ2v) is 10.6. The van der Waals surface area contributed by atoms with Gasteiger partial charge in [-0.2, -0.15) is 0 Å². The minimum absolute atomic E-state index is 0.0255. The number of pyridine rings is 1. The van der Waals surface area contributed by atoms with Crippen LogP contribution >= 0.6 is 0 Å². The summed E-state index contributed by atoms with van der Waals surface area (Å²) in [6, 6.07) is 22.7. The van der Waals surface area contributed by atoms with E-state index in [1.165, 1.54) is 4.31 Å². The molecule has 1 aromatic heterocycles. The first kappa shape index (κ1) is 23.0. The Kier molecular flexibility index (Phi) is 6.00. The third-order valence-electron chi connectivity index (χ3n) is 6.14. The number of rotatable bonds is 4. The maximum absolute atomic E-state index is 13.1. The SMILES string of the molecule is Cc1cc(N2COCCS2(=O)=O)ccc1C(=O)Nc1ccc(C)c(-c2ccc3ccccc3n2)c1. The fourth-order valence-electron chi connectivity index (χ4n) is 4.19. The van der Waals surface area contributed by atoms with Crippen molar-refractivity contribution in [3.8, 4) is 11.3 Å². The van der Waals surface area contributed by atoms with E-state index >= 15 is 0 Å². The van der Waals surface area contributed by atoms with Gasteiger partial charge in [-0.05, 0) is 67.4 Å². The Hall–Kier alpha value is -3.75. The van der Waals surface area contributed by atoms with E-state index in [1.54, 1.807) is 25.1 Å². The molecule has 0 saturated carbocycles. The van der Waals surface area contributed by atoms with Crippen LogP contribution in [0.15, 0.2) is 72.8 Å². The number of carbonyl (C=O) groups is 1. The number of hydrogen-bond acceptors (Lipinski definition) is 5. The van der Waals surface area contributed by atoms with Gasteiger partial charge in [-0.15, -0.1) is 0 Å². The summed E-state index contributed by atoms with van der Waals surface area (Å²) in [5, 5.41) is 4.04. The lowest BCUT2D eigenvalue weighted by atomic mass is 10.0. The van der Waals surface area contributed by atoms with E-state index < -0.39 is 10.0 Å². The monoisotopic (exact) mass is 487 g/mol. The molecule has 4 aromatic rings. The molecule has 3 aromatic carbocycles. The van der Waals surface area contributed by atoms with Gasteiger partial charge in [0.25, 0.3) is 5.91 Å². The van der Waals surface area contributed by atoms with Crippen molar-refractivity contribution in [2.75, 3.05) is 28.7 Å². The predicted molar refractivity (Wildman–Crippen MR) is 138 cm³/mol. The van der Waals surface area contributed by atoms with Crippen LogP contribution < -0.4 is 9.62 Å². The molecule has 1 amide bonds. The smallest absolute Gasteiger partial charge is 0.255 e.